The topological polar surface area (TPSA) is 20.2 Å². The fraction of sp³-hybridized carbons (Fsp3) is 0.455. The lowest BCUT2D eigenvalue weighted by Crippen LogP contribution is -2.03. The van der Waals surface area contributed by atoms with Gasteiger partial charge in [-0.3, -0.25) is 0 Å². The Morgan fingerprint density at radius 1 is 1.53 bits per heavy atom. The lowest BCUT2D eigenvalue weighted by Gasteiger charge is -2.07. The average Bonchev–Trinajstić information content (AvgIpc) is 2.23. The van der Waals surface area contributed by atoms with Crippen molar-refractivity contribution in [2.24, 2.45) is 5.92 Å². The number of hydrogen-bond acceptors (Lipinski definition) is 2. The van der Waals surface area contributed by atoms with Gasteiger partial charge in [0.2, 0.25) is 0 Å². The highest BCUT2D eigenvalue weighted by Gasteiger charge is 2.03. The van der Waals surface area contributed by atoms with E-state index in [9.17, 15) is 4.39 Å². The maximum atomic E-state index is 12.8. The second-order valence-corrected chi connectivity index (χ2v) is 4.99. The fourth-order valence-electron chi connectivity index (χ4n) is 1.06. The van der Waals surface area contributed by atoms with Crippen molar-refractivity contribution in [2.45, 2.75) is 12.7 Å². The Morgan fingerprint density at radius 2 is 2.27 bits per heavy atom. The van der Waals surface area contributed by atoms with Crippen LogP contribution in [0, 0.1) is 11.7 Å². The molecule has 0 heterocycles. The normalized spacial score (nSPS) is 12.8. The van der Waals surface area contributed by atoms with E-state index in [1.807, 2.05) is 6.92 Å². The van der Waals surface area contributed by atoms with Gasteiger partial charge < -0.3 is 5.11 Å². The van der Waals surface area contributed by atoms with Gasteiger partial charge in [-0.15, -0.1) is 0 Å². The van der Waals surface area contributed by atoms with Gasteiger partial charge in [0.25, 0.3) is 0 Å². The van der Waals surface area contributed by atoms with Gasteiger partial charge in [-0.2, -0.15) is 11.8 Å². The number of aliphatic hydroxyl groups is 1. The van der Waals surface area contributed by atoms with Gasteiger partial charge in [0.05, 0.1) is 5.02 Å². The molecule has 0 aliphatic rings. The SMILES string of the molecule is CC(CO)CSCc1ccc(F)c(Cl)c1. The van der Waals surface area contributed by atoms with Crippen molar-refractivity contribution < 1.29 is 9.50 Å². The molecule has 0 fully saturated rings. The van der Waals surface area contributed by atoms with Crippen LogP contribution in [0.25, 0.3) is 0 Å². The fourth-order valence-corrected chi connectivity index (χ4v) is 2.30. The highest BCUT2D eigenvalue weighted by atomic mass is 35.5. The van der Waals surface area contributed by atoms with Crippen molar-refractivity contribution in [3.8, 4) is 0 Å². The second-order valence-electron chi connectivity index (χ2n) is 3.55. The molecule has 1 rings (SSSR count). The third-order valence-electron chi connectivity index (χ3n) is 1.97. The molecule has 0 radical (unpaired) electrons. The number of aliphatic hydroxyl groups excluding tert-OH is 1. The summed E-state index contributed by atoms with van der Waals surface area (Å²) in [6.45, 7) is 2.20. The van der Waals surface area contributed by atoms with Crippen LogP contribution in [0.3, 0.4) is 0 Å². The Balaban J connectivity index is 2.41. The molecular formula is C11H14ClFOS. The van der Waals surface area contributed by atoms with E-state index in [0.717, 1.165) is 17.1 Å². The molecule has 0 aliphatic carbocycles. The first kappa shape index (κ1) is 12.8. The molecule has 15 heavy (non-hydrogen) atoms. The van der Waals surface area contributed by atoms with Crippen LogP contribution in [0.5, 0.6) is 0 Å². The van der Waals surface area contributed by atoms with Crippen LogP contribution in [-0.2, 0) is 5.75 Å². The average molecular weight is 249 g/mol. The first-order valence-electron chi connectivity index (χ1n) is 4.76. The van der Waals surface area contributed by atoms with E-state index in [0.29, 0.717) is 5.92 Å². The van der Waals surface area contributed by atoms with E-state index in [2.05, 4.69) is 0 Å². The van der Waals surface area contributed by atoms with E-state index >= 15 is 0 Å². The number of thioether (sulfide) groups is 1. The Kier molecular flexibility index (Phi) is 5.43. The molecule has 0 aliphatic heterocycles. The summed E-state index contributed by atoms with van der Waals surface area (Å²) in [6.07, 6.45) is 0. The van der Waals surface area contributed by atoms with Crippen molar-refractivity contribution in [1.29, 1.82) is 0 Å². The monoisotopic (exact) mass is 248 g/mol. The summed E-state index contributed by atoms with van der Waals surface area (Å²) in [5.41, 5.74) is 1.01. The van der Waals surface area contributed by atoms with Crippen molar-refractivity contribution in [3.63, 3.8) is 0 Å². The largest absolute Gasteiger partial charge is 0.396 e. The third kappa shape index (κ3) is 4.41. The van der Waals surface area contributed by atoms with Crippen LogP contribution in [0.1, 0.15) is 12.5 Å². The molecule has 0 bridgehead atoms. The molecule has 0 aromatic heterocycles. The molecule has 84 valence electrons. The minimum absolute atomic E-state index is 0.170. The summed E-state index contributed by atoms with van der Waals surface area (Å²) < 4.78 is 12.8. The van der Waals surface area contributed by atoms with Crippen molar-refractivity contribution in [2.75, 3.05) is 12.4 Å². The number of halogens is 2. The summed E-state index contributed by atoms with van der Waals surface area (Å²) in [7, 11) is 0. The van der Waals surface area contributed by atoms with Gasteiger partial charge in [-0.25, -0.2) is 4.39 Å². The molecule has 1 unspecified atom stereocenters. The predicted octanol–water partition coefficient (Wildman–Crippen LogP) is 3.34. The van der Waals surface area contributed by atoms with Crippen LogP contribution < -0.4 is 0 Å². The van der Waals surface area contributed by atoms with E-state index < -0.39 is 0 Å². The Morgan fingerprint density at radius 3 is 2.87 bits per heavy atom. The maximum absolute atomic E-state index is 12.8. The summed E-state index contributed by atoms with van der Waals surface area (Å²) in [6, 6.07) is 4.76. The van der Waals surface area contributed by atoms with Crippen molar-refractivity contribution in [1.82, 2.24) is 0 Å². The van der Waals surface area contributed by atoms with Crippen molar-refractivity contribution >= 4 is 23.4 Å². The minimum Gasteiger partial charge on any atom is -0.396 e. The highest BCUT2D eigenvalue weighted by Crippen LogP contribution is 2.20. The molecule has 1 nitrogen and oxygen atoms in total. The second kappa shape index (κ2) is 6.36. The zero-order valence-electron chi connectivity index (χ0n) is 8.54. The standard InChI is InChI=1S/C11H14ClFOS/c1-8(5-14)6-15-7-9-2-3-11(13)10(12)4-9/h2-4,8,14H,5-7H2,1H3. The molecule has 0 spiro atoms. The van der Waals surface area contributed by atoms with Gasteiger partial charge >= 0.3 is 0 Å². The predicted molar refractivity (Wildman–Crippen MR) is 63.8 cm³/mol. The number of rotatable bonds is 5. The van der Waals surface area contributed by atoms with Gasteiger partial charge in [0, 0.05) is 12.4 Å². The summed E-state index contributed by atoms with van der Waals surface area (Å²) in [5.74, 6) is 1.61. The van der Waals surface area contributed by atoms with Crippen LogP contribution in [0.2, 0.25) is 5.02 Å². The van der Waals surface area contributed by atoms with Gasteiger partial charge in [0.15, 0.2) is 0 Å². The van der Waals surface area contributed by atoms with E-state index in [1.165, 1.54) is 6.07 Å². The Hall–Kier alpha value is -0.250. The molecular weight excluding hydrogens is 235 g/mol. The number of hydrogen-bond donors (Lipinski definition) is 1. The summed E-state index contributed by atoms with van der Waals surface area (Å²) in [5, 5.41) is 9.00. The van der Waals surface area contributed by atoms with Crippen LogP contribution in [0.4, 0.5) is 4.39 Å². The van der Waals surface area contributed by atoms with E-state index in [-0.39, 0.29) is 17.4 Å². The Bertz CT molecular complexity index is 319. The summed E-state index contributed by atoms with van der Waals surface area (Å²) in [4.78, 5) is 0. The lowest BCUT2D eigenvalue weighted by molar-refractivity contribution is 0.250. The number of benzene rings is 1. The maximum Gasteiger partial charge on any atom is 0.141 e. The quantitative estimate of drug-likeness (QED) is 0.863. The van der Waals surface area contributed by atoms with E-state index in [1.54, 1.807) is 23.9 Å². The van der Waals surface area contributed by atoms with Gasteiger partial charge in [-0.05, 0) is 29.4 Å². The van der Waals surface area contributed by atoms with Crippen LogP contribution in [0.15, 0.2) is 18.2 Å². The minimum atomic E-state index is -0.380. The molecule has 1 N–H and O–H groups in total. The Labute approximate surface area is 98.6 Å². The third-order valence-corrected chi connectivity index (χ3v) is 3.60. The molecule has 1 aromatic rings. The molecule has 0 amide bonds. The zero-order chi connectivity index (χ0) is 11.3. The zero-order valence-corrected chi connectivity index (χ0v) is 10.1. The molecule has 0 saturated heterocycles. The highest BCUT2D eigenvalue weighted by molar-refractivity contribution is 7.98. The smallest absolute Gasteiger partial charge is 0.141 e. The first-order valence-corrected chi connectivity index (χ1v) is 6.29. The molecule has 4 heteroatoms. The van der Waals surface area contributed by atoms with Crippen LogP contribution in [-0.4, -0.2) is 17.5 Å². The lowest BCUT2D eigenvalue weighted by atomic mass is 10.2. The molecule has 1 atom stereocenters. The molecule has 1 aromatic carbocycles. The van der Waals surface area contributed by atoms with Crippen molar-refractivity contribution in [3.05, 3.63) is 34.6 Å². The molecule has 0 saturated carbocycles. The van der Waals surface area contributed by atoms with Crippen LogP contribution >= 0.6 is 23.4 Å². The van der Waals surface area contributed by atoms with E-state index in [4.69, 9.17) is 16.7 Å². The summed E-state index contributed by atoms with van der Waals surface area (Å²) >= 11 is 7.37. The first-order chi connectivity index (χ1) is 7.13. The van der Waals surface area contributed by atoms with Gasteiger partial charge in [0.1, 0.15) is 5.82 Å². The van der Waals surface area contributed by atoms with Gasteiger partial charge in [-0.1, -0.05) is 24.6 Å².